The number of ether oxygens (including phenoxy) is 1. The Balaban J connectivity index is 1.88. The van der Waals surface area contributed by atoms with E-state index < -0.39 is 16.5 Å². The van der Waals surface area contributed by atoms with Gasteiger partial charge in [-0.2, -0.15) is 0 Å². The van der Waals surface area contributed by atoms with Gasteiger partial charge in [0, 0.05) is 18.1 Å². The molecule has 3 rings (SSSR count). The average molecular weight is 325 g/mol. The third-order valence-electron chi connectivity index (χ3n) is 4.83. The minimum atomic E-state index is -0.625. The first-order chi connectivity index (χ1) is 11.5. The lowest BCUT2D eigenvalue weighted by molar-refractivity contribution is -0.384. The maximum Gasteiger partial charge on any atom is 0.339 e. The molecule has 0 aliphatic heterocycles. The van der Waals surface area contributed by atoms with Crippen LogP contribution in [0.4, 0.5) is 5.69 Å². The zero-order valence-electron chi connectivity index (χ0n) is 13.5. The highest BCUT2D eigenvalue weighted by Crippen LogP contribution is 2.46. The topological polar surface area (TPSA) is 69.4 Å². The Kier molecular flexibility index (Phi) is 4.34. The number of rotatable bonds is 4. The fourth-order valence-corrected chi connectivity index (χ4v) is 3.45. The molecule has 24 heavy (non-hydrogen) atoms. The highest BCUT2D eigenvalue weighted by atomic mass is 16.6. The van der Waals surface area contributed by atoms with Crippen molar-refractivity contribution in [2.45, 2.75) is 31.8 Å². The summed E-state index contributed by atoms with van der Waals surface area (Å²) in [6, 6.07) is 15.3. The zero-order chi connectivity index (χ0) is 17.2. The molecule has 0 bridgehead atoms. The van der Waals surface area contributed by atoms with Gasteiger partial charge in [0.1, 0.15) is 5.60 Å². The van der Waals surface area contributed by atoms with Crippen molar-refractivity contribution in [1.29, 1.82) is 0 Å². The zero-order valence-corrected chi connectivity index (χ0v) is 13.5. The van der Waals surface area contributed by atoms with E-state index in [1.54, 1.807) is 0 Å². The van der Waals surface area contributed by atoms with E-state index in [1.165, 1.54) is 24.3 Å². The molecule has 0 aromatic heterocycles. The summed E-state index contributed by atoms with van der Waals surface area (Å²) in [6.45, 7) is 2.10. The van der Waals surface area contributed by atoms with Crippen LogP contribution in [0.5, 0.6) is 0 Å². The molecule has 1 aliphatic carbocycles. The Morgan fingerprint density at radius 1 is 1.17 bits per heavy atom. The number of non-ortho nitro benzene ring substituents is 1. The Morgan fingerprint density at radius 3 is 2.38 bits per heavy atom. The maximum absolute atomic E-state index is 12.6. The van der Waals surface area contributed by atoms with Crippen LogP contribution in [0.3, 0.4) is 0 Å². The summed E-state index contributed by atoms with van der Waals surface area (Å²) in [5.74, 6) is -0.218. The van der Waals surface area contributed by atoms with Gasteiger partial charge in [0.25, 0.3) is 5.69 Å². The fraction of sp³-hybridized carbons (Fsp3) is 0.316. The summed E-state index contributed by atoms with van der Waals surface area (Å²) >= 11 is 0. The second-order valence-corrected chi connectivity index (χ2v) is 6.24. The molecular weight excluding hydrogens is 306 g/mol. The SMILES string of the molecule is C[C@H]1CCC[C@]1(OC(=O)c1ccc([N+](=O)[O-])cc1)c1ccccc1. The Bertz CT molecular complexity index is 742. The number of benzene rings is 2. The van der Waals surface area contributed by atoms with Crippen LogP contribution in [-0.4, -0.2) is 10.9 Å². The van der Waals surface area contributed by atoms with Crippen molar-refractivity contribution in [2.24, 2.45) is 5.92 Å². The van der Waals surface area contributed by atoms with E-state index in [1.807, 2.05) is 30.3 Å². The first kappa shape index (κ1) is 16.2. The third-order valence-corrected chi connectivity index (χ3v) is 4.83. The molecule has 1 fully saturated rings. The molecule has 0 N–H and O–H groups in total. The summed E-state index contributed by atoms with van der Waals surface area (Å²) in [5, 5.41) is 10.7. The first-order valence-electron chi connectivity index (χ1n) is 8.06. The summed E-state index contributed by atoms with van der Waals surface area (Å²) in [4.78, 5) is 22.9. The van der Waals surface area contributed by atoms with Gasteiger partial charge in [-0.15, -0.1) is 0 Å². The number of hydrogen-bond donors (Lipinski definition) is 0. The van der Waals surface area contributed by atoms with Gasteiger partial charge in [0.2, 0.25) is 0 Å². The number of esters is 1. The van der Waals surface area contributed by atoms with Crippen LogP contribution in [0, 0.1) is 16.0 Å². The van der Waals surface area contributed by atoms with Gasteiger partial charge < -0.3 is 4.74 Å². The third kappa shape index (κ3) is 2.89. The van der Waals surface area contributed by atoms with Gasteiger partial charge in [-0.3, -0.25) is 10.1 Å². The van der Waals surface area contributed by atoms with Crippen LogP contribution in [0.25, 0.3) is 0 Å². The Labute approximate surface area is 140 Å². The molecule has 0 saturated heterocycles. The number of nitrogens with zero attached hydrogens (tertiary/aromatic N) is 1. The number of nitro benzene ring substituents is 1. The molecule has 0 unspecified atom stereocenters. The number of carbonyl (C=O) groups is 1. The lowest BCUT2D eigenvalue weighted by Crippen LogP contribution is -2.35. The molecule has 0 radical (unpaired) electrons. The van der Waals surface area contributed by atoms with Crippen molar-refractivity contribution in [3.05, 3.63) is 75.8 Å². The molecule has 0 spiro atoms. The van der Waals surface area contributed by atoms with Gasteiger partial charge in [-0.25, -0.2) is 4.79 Å². The Morgan fingerprint density at radius 2 is 1.83 bits per heavy atom. The molecule has 0 amide bonds. The number of nitro groups is 1. The van der Waals surface area contributed by atoms with Crippen molar-refractivity contribution in [2.75, 3.05) is 0 Å². The van der Waals surface area contributed by atoms with Crippen molar-refractivity contribution < 1.29 is 14.5 Å². The molecule has 5 nitrogen and oxygen atoms in total. The van der Waals surface area contributed by atoms with Crippen LogP contribution in [0.15, 0.2) is 54.6 Å². The smallest absolute Gasteiger partial charge is 0.339 e. The van der Waals surface area contributed by atoms with Gasteiger partial charge in [0.05, 0.1) is 10.5 Å². The predicted octanol–water partition coefficient (Wildman–Crippen LogP) is 4.47. The van der Waals surface area contributed by atoms with Crippen molar-refractivity contribution in [3.8, 4) is 0 Å². The average Bonchev–Trinajstić information content (AvgIpc) is 2.97. The van der Waals surface area contributed by atoms with Crippen LogP contribution >= 0.6 is 0 Å². The first-order valence-corrected chi connectivity index (χ1v) is 8.06. The largest absolute Gasteiger partial charge is 0.450 e. The van der Waals surface area contributed by atoms with Crippen LogP contribution in [0.1, 0.15) is 42.1 Å². The van der Waals surface area contributed by atoms with Crippen LogP contribution in [0.2, 0.25) is 0 Å². The van der Waals surface area contributed by atoms with E-state index in [-0.39, 0.29) is 11.6 Å². The van der Waals surface area contributed by atoms with Gasteiger partial charge in [-0.1, -0.05) is 37.3 Å². The molecule has 1 saturated carbocycles. The summed E-state index contributed by atoms with van der Waals surface area (Å²) < 4.78 is 5.97. The fourth-order valence-electron chi connectivity index (χ4n) is 3.45. The molecule has 2 aromatic rings. The number of carbonyl (C=O) groups excluding carboxylic acids is 1. The van der Waals surface area contributed by atoms with E-state index in [4.69, 9.17) is 4.74 Å². The molecule has 0 heterocycles. The van der Waals surface area contributed by atoms with Crippen LogP contribution < -0.4 is 0 Å². The Hall–Kier alpha value is -2.69. The van der Waals surface area contributed by atoms with Gasteiger partial charge in [-0.05, 0) is 37.0 Å². The highest BCUT2D eigenvalue weighted by Gasteiger charge is 2.45. The quantitative estimate of drug-likeness (QED) is 0.472. The lowest BCUT2D eigenvalue weighted by Gasteiger charge is -2.34. The molecular formula is C19H19NO4. The molecule has 5 heteroatoms. The highest BCUT2D eigenvalue weighted by molar-refractivity contribution is 5.90. The van der Waals surface area contributed by atoms with E-state index in [0.717, 1.165) is 24.8 Å². The summed E-state index contributed by atoms with van der Waals surface area (Å²) in [6.07, 6.45) is 2.79. The van der Waals surface area contributed by atoms with Gasteiger partial charge in [0.15, 0.2) is 0 Å². The molecule has 1 aliphatic rings. The number of hydrogen-bond acceptors (Lipinski definition) is 4. The van der Waals surface area contributed by atoms with Crippen molar-refractivity contribution >= 4 is 11.7 Å². The molecule has 2 aromatic carbocycles. The van der Waals surface area contributed by atoms with Crippen molar-refractivity contribution in [3.63, 3.8) is 0 Å². The van der Waals surface area contributed by atoms with Gasteiger partial charge >= 0.3 is 5.97 Å². The van der Waals surface area contributed by atoms with E-state index in [0.29, 0.717) is 5.56 Å². The summed E-state index contributed by atoms with van der Waals surface area (Å²) in [5.41, 5.74) is 0.666. The maximum atomic E-state index is 12.6. The van der Waals surface area contributed by atoms with E-state index in [9.17, 15) is 14.9 Å². The van der Waals surface area contributed by atoms with E-state index >= 15 is 0 Å². The molecule has 2 atom stereocenters. The predicted molar refractivity (Wildman–Crippen MR) is 89.6 cm³/mol. The minimum Gasteiger partial charge on any atom is -0.450 e. The standard InChI is InChI=1S/C19H19NO4/c1-14-6-5-13-19(14,16-7-3-2-4-8-16)24-18(21)15-9-11-17(12-10-15)20(22)23/h2-4,7-12,14H,5-6,13H2,1H3/t14-,19+/m0/s1. The molecule has 124 valence electrons. The van der Waals surface area contributed by atoms with Crippen LogP contribution in [-0.2, 0) is 10.3 Å². The second-order valence-electron chi connectivity index (χ2n) is 6.24. The lowest BCUT2D eigenvalue weighted by atomic mass is 9.84. The summed E-state index contributed by atoms with van der Waals surface area (Å²) in [7, 11) is 0. The second kappa shape index (κ2) is 6.43. The van der Waals surface area contributed by atoms with E-state index in [2.05, 4.69) is 6.92 Å². The monoisotopic (exact) mass is 325 g/mol. The minimum absolute atomic E-state index is 0.0430. The normalized spacial score (nSPS) is 23.0. The van der Waals surface area contributed by atoms with Crippen molar-refractivity contribution in [1.82, 2.24) is 0 Å².